The van der Waals surface area contributed by atoms with Crippen molar-refractivity contribution in [3.8, 4) is 17.2 Å². The lowest BCUT2D eigenvalue weighted by atomic mass is 9.99. The maximum Gasteiger partial charge on any atom is 0.341 e. The van der Waals surface area contributed by atoms with Gasteiger partial charge in [-0.1, -0.05) is 30.3 Å². The van der Waals surface area contributed by atoms with Crippen molar-refractivity contribution in [2.24, 2.45) is 0 Å². The van der Waals surface area contributed by atoms with E-state index in [0.29, 0.717) is 35.0 Å². The Morgan fingerprint density at radius 3 is 2.54 bits per heavy atom. The van der Waals surface area contributed by atoms with Crippen LogP contribution in [-0.4, -0.2) is 31.6 Å². The molecule has 0 bridgehead atoms. The molecule has 6 heteroatoms. The zero-order chi connectivity index (χ0) is 17.1. The fourth-order valence-electron chi connectivity index (χ4n) is 2.69. The van der Waals surface area contributed by atoms with Crippen LogP contribution in [0.1, 0.15) is 21.5 Å². The number of hydrogen-bond acceptors (Lipinski definition) is 6. The summed E-state index contributed by atoms with van der Waals surface area (Å²) in [6.07, 6.45) is -1.06. The molecule has 0 radical (unpaired) electrons. The van der Waals surface area contributed by atoms with Gasteiger partial charge in [-0.3, -0.25) is 0 Å². The number of rotatable bonds is 5. The summed E-state index contributed by atoms with van der Waals surface area (Å²) in [4.78, 5) is 12.1. The fourth-order valence-corrected chi connectivity index (χ4v) is 2.69. The summed E-state index contributed by atoms with van der Waals surface area (Å²) < 4.78 is 21.5. The van der Waals surface area contributed by atoms with Gasteiger partial charge in [0.25, 0.3) is 0 Å². The van der Waals surface area contributed by atoms with E-state index >= 15 is 0 Å². The smallest absolute Gasteiger partial charge is 0.341 e. The Morgan fingerprint density at radius 1 is 1.17 bits per heavy atom. The van der Waals surface area contributed by atoms with E-state index in [4.69, 9.17) is 18.9 Å². The van der Waals surface area contributed by atoms with Gasteiger partial charge < -0.3 is 24.1 Å². The summed E-state index contributed by atoms with van der Waals surface area (Å²) in [5.41, 5.74) is 1.83. The summed E-state index contributed by atoms with van der Waals surface area (Å²) in [6.45, 7) is 0.316. The Labute approximate surface area is 139 Å². The van der Waals surface area contributed by atoms with E-state index in [1.807, 2.05) is 30.3 Å². The standard InChI is InChI=1S/C18H18O6/c1-21-16-12-9-15(19)24-18(20)13(12)8-14(17(16)22-2)23-10-11-6-4-3-5-7-11/h3-8,15,19H,9-10H2,1-2H3. The Bertz CT molecular complexity index is 741. The highest BCUT2D eigenvalue weighted by atomic mass is 16.6. The number of carbonyl (C=O) groups excluding carboxylic acids is 1. The minimum atomic E-state index is -1.19. The normalized spacial score (nSPS) is 16.1. The van der Waals surface area contributed by atoms with E-state index in [1.165, 1.54) is 14.2 Å². The average molecular weight is 330 g/mol. The molecule has 24 heavy (non-hydrogen) atoms. The number of hydrogen-bond donors (Lipinski definition) is 1. The predicted molar refractivity (Wildman–Crippen MR) is 85.4 cm³/mol. The highest BCUT2D eigenvalue weighted by molar-refractivity contribution is 5.94. The molecule has 0 spiro atoms. The van der Waals surface area contributed by atoms with Crippen LogP contribution in [0.4, 0.5) is 0 Å². The van der Waals surface area contributed by atoms with Gasteiger partial charge >= 0.3 is 5.97 Å². The summed E-state index contributed by atoms with van der Waals surface area (Å²) in [6, 6.07) is 11.2. The molecule has 0 aliphatic carbocycles. The molecule has 0 saturated heterocycles. The van der Waals surface area contributed by atoms with E-state index in [9.17, 15) is 9.90 Å². The zero-order valence-corrected chi connectivity index (χ0v) is 13.4. The second-order valence-corrected chi connectivity index (χ2v) is 5.31. The first-order valence-corrected chi connectivity index (χ1v) is 7.47. The van der Waals surface area contributed by atoms with Gasteiger partial charge in [-0.25, -0.2) is 4.79 Å². The molecule has 1 unspecified atom stereocenters. The molecule has 0 aromatic heterocycles. The van der Waals surface area contributed by atoms with E-state index < -0.39 is 12.3 Å². The monoisotopic (exact) mass is 330 g/mol. The quantitative estimate of drug-likeness (QED) is 0.848. The molecule has 1 atom stereocenters. The second-order valence-electron chi connectivity index (χ2n) is 5.31. The van der Waals surface area contributed by atoms with Crippen LogP contribution in [0.2, 0.25) is 0 Å². The molecule has 2 aromatic rings. The van der Waals surface area contributed by atoms with Crippen LogP contribution < -0.4 is 14.2 Å². The van der Waals surface area contributed by atoms with E-state index in [1.54, 1.807) is 6.07 Å². The van der Waals surface area contributed by atoms with Crippen molar-refractivity contribution in [1.29, 1.82) is 0 Å². The SMILES string of the molecule is COc1c(OCc2ccccc2)cc2c(c1OC)CC(O)OC2=O. The third kappa shape index (κ3) is 3.00. The van der Waals surface area contributed by atoms with Crippen LogP contribution in [0.3, 0.4) is 0 Å². The van der Waals surface area contributed by atoms with Crippen LogP contribution in [0.5, 0.6) is 17.2 Å². The lowest BCUT2D eigenvalue weighted by molar-refractivity contribution is -0.0691. The first kappa shape index (κ1) is 16.1. The number of benzene rings is 2. The van der Waals surface area contributed by atoms with Gasteiger partial charge in [0.15, 0.2) is 11.5 Å². The van der Waals surface area contributed by atoms with Crippen molar-refractivity contribution in [3.05, 3.63) is 53.1 Å². The molecule has 3 rings (SSSR count). The Hall–Kier alpha value is -2.73. The van der Waals surface area contributed by atoms with Gasteiger partial charge in [0.1, 0.15) is 6.61 Å². The minimum Gasteiger partial charge on any atom is -0.492 e. The largest absolute Gasteiger partial charge is 0.492 e. The number of aliphatic hydroxyl groups excluding tert-OH is 1. The number of cyclic esters (lactones) is 1. The van der Waals surface area contributed by atoms with Crippen molar-refractivity contribution in [2.45, 2.75) is 19.3 Å². The van der Waals surface area contributed by atoms with Crippen molar-refractivity contribution < 1.29 is 28.8 Å². The lowest BCUT2D eigenvalue weighted by Crippen LogP contribution is -2.28. The molecule has 1 aliphatic heterocycles. The number of esters is 1. The van der Waals surface area contributed by atoms with Gasteiger partial charge in [0, 0.05) is 12.0 Å². The summed E-state index contributed by atoms with van der Waals surface area (Å²) in [5.74, 6) is 0.516. The van der Waals surface area contributed by atoms with Crippen LogP contribution in [0.15, 0.2) is 36.4 Å². The molecule has 1 N–H and O–H groups in total. The molecular formula is C18H18O6. The first-order chi connectivity index (χ1) is 11.6. The van der Waals surface area contributed by atoms with Gasteiger partial charge in [0.05, 0.1) is 19.8 Å². The van der Waals surface area contributed by atoms with E-state index in [0.717, 1.165) is 5.56 Å². The van der Waals surface area contributed by atoms with Gasteiger partial charge in [-0.05, 0) is 11.6 Å². The molecule has 0 fully saturated rings. The summed E-state index contributed by atoms with van der Waals surface area (Å²) in [5, 5.41) is 9.66. The van der Waals surface area contributed by atoms with E-state index in [-0.39, 0.29) is 6.42 Å². The highest BCUT2D eigenvalue weighted by Crippen LogP contribution is 2.44. The molecule has 1 aliphatic rings. The van der Waals surface area contributed by atoms with Crippen LogP contribution >= 0.6 is 0 Å². The highest BCUT2D eigenvalue weighted by Gasteiger charge is 2.32. The second kappa shape index (κ2) is 6.80. The molecule has 6 nitrogen and oxygen atoms in total. The molecular weight excluding hydrogens is 312 g/mol. The Balaban J connectivity index is 1.99. The Morgan fingerprint density at radius 2 is 1.88 bits per heavy atom. The van der Waals surface area contributed by atoms with Crippen LogP contribution in [-0.2, 0) is 17.8 Å². The third-order valence-corrected chi connectivity index (χ3v) is 3.79. The summed E-state index contributed by atoms with van der Waals surface area (Å²) >= 11 is 0. The Kier molecular flexibility index (Phi) is 4.57. The number of ether oxygens (including phenoxy) is 4. The fraction of sp³-hybridized carbons (Fsp3) is 0.278. The minimum absolute atomic E-state index is 0.138. The molecule has 126 valence electrons. The van der Waals surface area contributed by atoms with Crippen LogP contribution in [0.25, 0.3) is 0 Å². The van der Waals surface area contributed by atoms with Crippen LogP contribution in [0, 0.1) is 0 Å². The zero-order valence-electron chi connectivity index (χ0n) is 13.4. The van der Waals surface area contributed by atoms with Crippen molar-refractivity contribution >= 4 is 5.97 Å². The number of carbonyl (C=O) groups is 1. The maximum absolute atomic E-state index is 12.1. The lowest BCUT2D eigenvalue weighted by Gasteiger charge is -2.25. The number of fused-ring (bicyclic) bond motifs is 1. The van der Waals surface area contributed by atoms with Gasteiger partial charge in [-0.2, -0.15) is 0 Å². The maximum atomic E-state index is 12.1. The number of aliphatic hydroxyl groups is 1. The number of methoxy groups -OCH3 is 2. The molecule has 0 saturated carbocycles. The molecule has 1 heterocycles. The van der Waals surface area contributed by atoms with Gasteiger partial charge in [-0.15, -0.1) is 0 Å². The summed E-state index contributed by atoms with van der Waals surface area (Å²) in [7, 11) is 2.97. The predicted octanol–water partition coefficient (Wildman–Crippen LogP) is 2.31. The van der Waals surface area contributed by atoms with Gasteiger partial charge in [0.2, 0.25) is 12.0 Å². The first-order valence-electron chi connectivity index (χ1n) is 7.47. The molecule has 0 amide bonds. The topological polar surface area (TPSA) is 74.2 Å². The van der Waals surface area contributed by atoms with Crippen molar-refractivity contribution in [1.82, 2.24) is 0 Å². The molecule has 2 aromatic carbocycles. The van der Waals surface area contributed by atoms with E-state index in [2.05, 4.69) is 0 Å². The van der Waals surface area contributed by atoms with Crippen molar-refractivity contribution in [2.75, 3.05) is 14.2 Å². The average Bonchev–Trinajstić information content (AvgIpc) is 2.59. The third-order valence-electron chi connectivity index (χ3n) is 3.79. The van der Waals surface area contributed by atoms with Crippen molar-refractivity contribution in [3.63, 3.8) is 0 Å².